The van der Waals surface area contributed by atoms with E-state index in [1.54, 1.807) is 24.3 Å². The standard InChI is InChI=1S/C16H14BrN3O/c1-10-6-12(16(19)21)3-4-13(10)9-20-15-5-2-11(8-18)7-14(15)17/h2-7,20H,9H2,1H3,(H2,19,21). The number of nitrogens with one attached hydrogen (secondary N) is 1. The average Bonchev–Trinajstić information content (AvgIpc) is 2.46. The van der Waals surface area contributed by atoms with Crippen LogP contribution in [-0.2, 0) is 6.54 Å². The Morgan fingerprint density at radius 2 is 2.10 bits per heavy atom. The molecule has 0 saturated carbocycles. The van der Waals surface area contributed by atoms with Crippen molar-refractivity contribution in [1.29, 1.82) is 5.26 Å². The summed E-state index contributed by atoms with van der Waals surface area (Å²) in [5.74, 6) is -0.424. The number of halogens is 1. The minimum Gasteiger partial charge on any atom is -0.380 e. The van der Waals surface area contributed by atoms with E-state index in [0.717, 1.165) is 21.3 Å². The highest BCUT2D eigenvalue weighted by Gasteiger charge is 2.06. The van der Waals surface area contributed by atoms with Crippen LogP contribution >= 0.6 is 15.9 Å². The van der Waals surface area contributed by atoms with E-state index < -0.39 is 5.91 Å². The van der Waals surface area contributed by atoms with E-state index >= 15 is 0 Å². The second-order valence-corrected chi connectivity index (χ2v) is 5.52. The van der Waals surface area contributed by atoms with E-state index in [0.29, 0.717) is 17.7 Å². The largest absolute Gasteiger partial charge is 0.380 e. The first-order valence-corrected chi connectivity index (χ1v) is 7.13. The zero-order valence-electron chi connectivity index (χ0n) is 11.5. The predicted octanol–water partition coefficient (Wildman–Crippen LogP) is 3.34. The van der Waals surface area contributed by atoms with Gasteiger partial charge in [0, 0.05) is 22.3 Å². The Labute approximate surface area is 131 Å². The summed E-state index contributed by atoms with van der Waals surface area (Å²) in [5.41, 5.74) is 9.37. The molecule has 0 fully saturated rings. The molecule has 106 valence electrons. The molecule has 3 N–H and O–H groups in total. The van der Waals surface area contributed by atoms with E-state index in [1.165, 1.54) is 0 Å². The monoisotopic (exact) mass is 343 g/mol. The number of nitriles is 1. The number of hydrogen-bond acceptors (Lipinski definition) is 3. The topological polar surface area (TPSA) is 78.9 Å². The molecule has 4 nitrogen and oxygen atoms in total. The summed E-state index contributed by atoms with van der Waals surface area (Å²) in [7, 11) is 0. The molecule has 0 aliphatic carbocycles. The Hall–Kier alpha value is -2.32. The van der Waals surface area contributed by atoms with Crippen LogP contribution in [0.15, 0.2) is 40.9 Å². The first kappa shape index (κ1) is 15.1. The van der Waals surface area contributed by atoms with E-state index in [2.05, 4.69) is 27.3 Å². The Kier molecular flexibility index (Phi) is 4.61. The van der Waals surface area contributed by atoms with E-state index in [4.69, 9.17) is 11.0 Å². The minimum atomic E-state index is -0.424. The molecule has 0 aliphatic heterocycles. The van der Waals surface area contributed by atoms with Gasteiger partial charge in [-0.3, -0.25) is 4.79 Å². The van der Waals surface area contributed by atoms with Crippen LogP contribution in [0.25, 0.3) is 0 Å². The Bertz CT molecular complexity index is 735. The molecule has 0 unspecified atom stereocenters. The normalized spacial score (nSPS) is 9.95. The van der Waals surface area contributed by atoms with Crippen LogP contribution in [0.5, 0.6) is 0 Å². The third kappa shape index (κ3) is 3.61. The zero-order chi connectivity index (χ0) is 15.4. The summed E-state index contributed by atoms with van der Waals surface area (Å²) in [6.07, 6.45) is 0. The van der Waals surface area contributed by atoms with E-state index in [9.17, 15) is 4.79 Å². The molecule has 0 bridgehead atoms. The third-order valence-electron chi connectivity index (χ3n) is 3.19. The van der Waals surface area contributed by atoms with Crippen molar-refractivity contribution in [2.24, 2.45) is 5.73 Å². The van der Waals surface area contributed by atoms with Crippen LogP contribution in [0.1, 0.15) is 27.0 Å². The summed E-state index contributed by atoms with van der Waals surface area (Å²) in [5, 5.41) is 12.1. The lowest BCUT2D eigenvalue weighted by Crippen LogP contribution is -2.11. The zero-order valence-corrected chi connectivity index (χ0v) is 13.1. The summed E-state index contributed by atoms with van der Waals surface area (Å²) >= 11 is 3.44. The molecule has 0 radical (unpaired) electrons. The number of benzene rings is 2. The predicted molar refractivity (Wildman–Crippen MR) is 85.9 cm³/mol. The van der Waals surface area contributed by atoms with Crippen molar-refractivity contribution in [2.45, 2.75) is 13.5 Å². The van der Waals surface area contributed by atoms with Crippen LogP contribution in [0.4, 0.5) is 5.69 Å². The van der Waals surface area contributed by atoms with Gasteiger partial charge in [-0.05, 0) is 64.3 Å². The van der Waals surface area contributed by atoms with Gasteiger partial charge in [-0.15, -0.1) is 0 Å². The van der Waals surface area contributed by atoms with Crippen molar-refractivity contribution in [3.05, 3.63) is 63.1 Å². The van der Waals surface area contributed by atoms with Gasteiger partial charge in [0.05, 0.1) is 11.6 Å². The molecular formula is C16H14BrN3O. The molecule has 0 spiro atoms. The van der Waals surface area contributed by atoms with Crippen LogP contribution in [0.2, 0.25) is 0 Å². The molecule has 0 aliphatic rings. The van der Waals surface area contributed by atoms with Gasteiger partial charge < -0.3 is 11.1 Å². The van der Waals surface area contributed by atoms with Gasteiger partial charge in [0.25, 0.3) is 0 Å². The number of primary amides is 1. The maximum atomic E-state index is 11.1. The average molecular weight is 344 g/mol. The van der Waals surface area contributed by atoms with Gasteiger partial charge in [-0.25, -0.2) is 0 Å². The lowest BCUT2D eigenvalue weighted by Gasteiger charge is -2.11. The van der Waals surface area contributed by atoms with Gasteiger partial charge in [0.1, 0.15) is 0 Å². The molecule has 0 heterocycles. The van der Waals surface area contributed by atoms with Gasteiger partial charge >= 0.3 is 0 Å². The van der Waals surface area contributed by atoms with Gasteiger partial charge in [-0.2, -0.15) is 5.26 Å². The van der Waals surface area contributed by atoms with Crippen molar-refractivity contribution in [1.82, 2.24) is 0 Å². The molecular weight excluding hydrogens is 330 g/mol. The number of anilines is 1. The molecule has 2 rings (SSSR count). The summed E-state index contributed by atoms with van der Waals surface area (Å²) in [6.45, 7) is 2.56. The fourth-order valence-corrected chi connectivity index (χ4v) is 2.48. The first-order valence-electron chi connectivity index (χ1n) is 6.34. The minimum absolute atomic E-state index is 0.424. The second-order valence-electron chi connectivity index (χ2n) is 4.67. The lowest BCUT2D eigenvalue weighted by atomic mass is 10.0. The number of rotatable bonds is 4. The van der Waals surface area contributed by atoms with E-state index in [1.807, 2.05) is 19.1 Å². The summed E-state index contributed by atoms with van der Waals surface area (Å²) in [4.78, 5) is 11.1. The Morgan fingerprint density at radius 1 is 1.33 bits per heavy atom. The Morgan fingerprint density at radius 3 is 2.67 bits per heavy atom. The maximum Gasteiger partial charge on any atom is 0.248 e. The molecule has 0 aromatic heterocycles. The molecule has 0 saturated heterocycles. The van der Waals surface area contributed by atoms with Crippen molar-refractivity contribution in [3.63, 3.8) is 0 Å². The van der Waals surface area contributed by atoms with E-state index in [-0.39, 0.29) is 0 Å². The number of amides is 1. The number of carbonyl (C=O) groups excluding carboxylic acids is 1. The molecule has 2 aromatic carbocycles. The fraction of sp³-hybridized carbons (Fsp3) is 0.125. The number of aryl methyl sites for hydroxylation is 1. The molecule has 0 atom stereocenters. The smallest absolute Gasteiger partial charge is 0.248 e. The number of nitrogens with zero attached hydrogens (tertiary/aromatic N) is 1. The molecule has 2 aromatic rings. The highest BCUT2D eigenvalue weighted by Crippen LogP contribution is 2.24. The lowest BCUT2D eigenvalue weighted by molar-refractivity contribution is 0.1000. The highest BCUT2D eigenvalue weighted by molar-refractivity contribution is 9.10. The SMILES string of the molecule is Cc1cc(C(N)=O)ccc1CNc1ccc(C#N)cc1Br. The van der Waals surface area contributed by atoms with Crippen molar-refractivity contribution in [2.75, 3.05) is 5.32 Å². The molecule has 21 heavy (non-hydrogen) atoms. The second kappa shape index (κ2) is 6.42. The summed E-state index contributed by atoms with van der Waals surface area (Å²) in [6, 6.07) is 12.9. The molecule has 1 amide bonds. The van der Waals surface area contributed by atoms with Crippen molar-refractivity contribution < 1.29 is 4.79 Å². The Balaban J connectivity index is 2.13. The van der Waals surface area contributed by atoms with Crippen LogP contribution in [0.3, 0.4) is 0 Å². The summed E-state index contributed by atoms with van der Waals surface area (Å²) < 4.78 is 0.841. The number of hydrogen-bond donors (Lipinski definition) is 2. The quantitative estimate of drug-likeness (QED) is 0.893. The van der Waals surface area contributed by atoms with Crippen molar-refractivity contribution in [3.8, 4) is 6.07 Å². The van der Waals surface area contributed by atoms with Crippen LogP contribution in [0, 0.1) is 18.3 Å². The third-order valence-corrected chi connectivity index (χ3v) is 3.85. The van der Waals surface area contributed by atoms with Crippen LogP contribution < -0.4 is 11.1 Å². The first-order chi connectivity index (χ1) is 10.0. The van der Waals surface area contributed by atoms with Gasteiger partial charge in [0.2, 0.25) is 5.91 Å². The number of carbonyl (C=O) groups is 1. The maximum absolute atomic E-state index is 11.1. The fourth-order valence-electron chi connectivity index (χ4n) is 1.97. The van der Waals surface area contributed by atoms with Gasteiger partial charge in [-0.1, -0.05) is 6.07 Å². The van der Waals surface area contributed by atoms with Crippen molar-refractivity contribution >= 4 is 27.5 Å². The highest BCUT2D eigenvalue weighted by atomic mass is 79.9. The van der Waals surface area contributed by atoms with Crippen LogP contribution in [-0.4, -0.2) is 5.91 Å². The van der Waals surface area contributed by atoms with Gasteiger partial charge in [0.15, 0.2) is 0 Å². The number of nitrogens with two attached hydrogens (primary N) is 1. The molecule has 5 heteroatoms.